The molecule has 3 nitrogen and oxygen atoms in total. The molecule has 3 fully saturated rings. The Balaban J connectivity index is 1.41. The molecule has 0 aliphatic heterocycles. The molecule has 0 aromatic heterocycles. The summed E-state index contributed by atoms with van der Waals surface area (Å²) in [6.45, 7) is 2.28. The van der Waals surface area contributed by atoms with Crippen molar-refractivity contribution in [2.45, 2.75) is 76.5 Å². The molecule has 0 atom stereocenters. The normalized spacial score (nSPS) is 25.2. The molecule has 3 aliphatic rings. The van der Waals surface area contributed by atoms with E-state index in [-0.39, 0.29) is 5.69 Å². The second-order valence-corrected chi connectivity index (χ2v) is 9.66. The fourth-order valence-corrected chi connectivity index (χ4v) is 5.72. The van der Waals surface area contributed by atoms with E-state index in [1.54, 1.807) is 6.08 Å². The standard InChI is InChI=1S/C27H32FNO2/c1-2-3-4-13-26-14-17-27(18-15-26,19-16-26)23-10-6-21(7-11-23)5-8-22-9-12-24(29(30)31)20-25(22)28/h5-12,20H,2-4,13-19H2,1H3. The zero-order valence-electron chi connectivity index (χ0n) is 18.4. The van der Waals surface area contributed by atoms with Crippen molar-refractivity contribution in [3.8, 4) is 0 Å². The third-order valence-corrected chi connectivity index (χ3v) is 7.89. The summed E-state index contributed by atoms with van der Waals surface area (Å²) in [6.07, 6.45) is 17.1. The molecule has 0 N–H and O–H groups in total. The van der Waals surface area contributed by atoms with E-state index in [9.17, 15) is 14.5 Å². The Morgan fingerprint density at radius 3 is 2.23 bits per heavy atom. The molecular weight excluding hydrogens is 389 g/mol. The highest BCUT2D eigenvalue weighted by Gasteiger charge is 2.48. The molecule has 164 valence electrons. The highest BCUT2D eigenvalue weighted by molar-refractivity contribution is 5.70. The van der Waals surface area contributed by atoms with Crippen molar-refractivity contribution in [3.63, 3.8) is 0 Å². The zero-order chi connectivity index (χ0) is 21.9. The molecule has 31 heavy (non-hydrogen) atoms. The summed E-state index contributed by atoms with van der Waals surface area (Å²) in [5, 5.41) is 10.8. The highest BCUT2D eigenvalue weighted by atomic mass is 19.1. The van der Waals surface area contributed by atoms with Gasteiger partial charge < -0.3 is 0 Å². The molecule has 2 aromatic carbocycles. The lowest BCUT2D eigenvalue weighted by atomic mass is 9.51. The van der Waals surface area contributed by atoms with Crippen LogP contribution in [0.15, 0.2) is 42.5 Å². The van der Waals surface area contributed by atoms with Crippen LogP contribution in [0.5, 0.6) is 0 Å². The summed E-state index contributed by atoms with van der Waals surface area (Å²) in [5.41, 5.74) is 3.56. The van der Waals surface area contributed by atoms with Crippen molar-refractivity contribution in [2.75, 3.05) is 0 Å². The molecule has 4 heteroatoms. The van der Waals surface area contributed by atoms with E-state index in [1.807, 2.05) is 6.08 Å². The number of benzene rings is 2. The molecule has 0 saturated heterocycles. The molecule has 0 heterocycles. The predicted octanol–water partition coefficient (Wildman–Crippen LogP) is 8.08. The molecule has 0 unspecified atom stereocenters. The molecule has 2 bridgehead atoms. The Labute approximate surface area is 184 Å². The molecule has 2 aromatic rings. The van der Waals surface area contributed by atoms with E-state index in [2.05, 4.69) is 31.2 Å². The average molecular weight is 422 g/mol. The second-order valence-electron chi connectivity index (χ2n) is 9.66. The zero-order valence-corrected chi connectivity index (χ0v) is 18.4. The smallest absolute Gasteiger partial charge is 0.258 e. The summed E-state index contributed by atoms with van der Waals surface area (Å²) in [6, 6.07) is 12.5. The van der Waals surface area contributed by atoms with E-state index < -0.39 is 10.7 Å². The average Bonchev–Trinajstić information content (AvgIpc) is 2.80. The third kappa shape index (κ3) is 4.58. The second kappa shape index (κ2) is 8.94. The lowest BCUT2D eigenvalue weighted by molar-refractivity contribution is -0.385. The van der Waals surface area contributed by atoms with Crippen LogP contribution >= 0.6 is 0 Å². The van der Waals surface area contributed by atoms with Crippen molar-refractivity contribution in [3.05, 3.63) is 75.1 Å². The van der Waals surface area contributed by atoms with Crippen LogP contribution in [0.2, 0.25) is 0 Å². The van der Waals surface area contributed by atoms with Crippen LogP contribution in [0.25, 0.3) is 12.2 Å². The minimum atomic E-state index is -0.583. The van der Waals surface area contributed by atoms with Gasteiger partial charge in [0.2, 0.25) is 0 Å². The summed E-state index contributed by atoms with van der Waals surface area (Å²) in [4.78, 5) is 10.2. The van der Waals surface area contributed by atoms with Gasteiger partial charge in [-0.15, -0.1) is 0 Å². The van der Waals surface area contributed by atoms with Crippen molar-refractivity contribution in [1.29, 1.82) is 0 Å². The molecule has 3 aliphatic carbocycles. The summed E-state index contributed by atoms with van der Waals surface area (Å²) in [5.74, 6) is -0.576. The number of nitro benzene ring substituents is 1. The van der Waals surface area contributed by atoms with Gasteiger partial charge in [0.05, 0.1) is 11.0 Å². The van der Waals surface area contributed by atoms with Crippen LogP contribution < -0.4 is 0 Å². The SMILES string of the molecule is CCCCCC12CCC(c3ccc(C=Cc4ccc([N+](=O)[O-])cc4F)cc3)(CC1)CC2. The van der Waals surface area contributed by atoms with Gasteiger partial charge in [-0.05, 0) is 73.0 Å². The van der Waals surface area contributed by atoms with E-state index in [0.717, 1.165) is 11.6 Å². The number of rotatable bonds is 8. The molecule has 0 amide bonds. The number of fused-ring (bicyclic) bond motifs is 3. The lowest BCUT2D eigenvalue weighted by Crippen LogP contribution is -2.44. The van der Waals surface area contributed by atoms with Gasteiger partial charge in [0, 0.05) is 11.6 Å². The number of non-ortho nitro benzene ring substituents is 1. The Bertz CT molecular complexity index is 939. The van der Waals surface area contributed by atoms with Gasteiger partial charge in [-0.1, -0.05) is 62.6 Å². The maximum atomic E-state index is 14.1. The number of hydrogen-bond acceptors (Lipinski definition) is 2. The highest BCUT2D eigenvalue weighted by Crippen LogP contribution is 2.59. The molecule has 3 saturated carbocycles. The Hall–Kier alpha value is -2.49. The molecular formula is C27H32FNO2. The Kier molecular flexibility index (Phi) is 6.27. The van der Waals surface area contributed by atoms with Gasteiger partial charge in [-0.25, -0.2) is 4.39 Å². The molecule has 5 rings (SSSR count). The number of hydrogen-bond donors (Lipinski definition) is 0. The lowest BCUT2D eigenvalue weighted by Gasteiger charge is -2.54. The quantitative estimate of drug-likeness (QED) is 0.187. The van der Waals surface area contributed by atoms with Crippen LogP contribution in [0.1, 0.15) is 87.8 Å². The fourth-order valence-electron chi connectivity index (χ4n) is 5.72. The van der Waals surface area contributed by atoms with Gasteiger partial charge >= 0.3 is 0 Å². The first-order chi connectivity index (χ1) is 15.0. The third-order valence-electron chi connectivity index (χ3n) is 7.89. The van der Waals surface area contributed by atoms with E-state index in [4.69, 9.17) is 0 Å². The fraction of sp³-hybridized carbons (Fsp3) is 0.481. The predicted molar refractivity (Wildman–Crippen MR) is 124 cm³/mol. The minimum Gasteiger partial charge on any atom is -0.258 e. The van der Waals surface area contributed by atoms with Crippen LogP contribution in [-0.4, -0.2) is 4.92 Å². The number of nitrogens with zero attached hydrogens (tertiary/aromatic N) is 1. The first-order valence-corrected chi connectivity index (χ1v) is 11.7. The number of halogens is 1. The van der Waals surface area contributed by atoms with E-state index in [0.29, 0.717) is 16.4 Å². The van der Waals surface area contributed by atoms with Crippen molar-refractivity contribution in [2.24, 2.45) is 5.41 Å². The minimum absolute atomic E-state index is 0.229. The molecule has 0 radical (unpaired) electrons. The topological polar surface area (TPSA) is 43.1 Å². The number of nitro groups is 1. The Morgan fingerprint density at radius 2 is 1.65 bits per heavy atom. The largest absolute Gasteiger partial charge is 0.272 e. The van der Waals surface area contributed by atoms with Crippen LogP contribution in [0.4, 0.5) is 10.1 Å². The van der Waals surface area contributed by atoms with Gasteiger partial charge in [0.1, 0.15) is 5.82 Å². The van der Waals surface area contributed by atoms with E-state index in [1.165, 1.54) is 81.9 Å². The maximum Gasteiger partial charge on any atom is 0.272 e. The Morgan fingerprint density at radius 1 is 0.968 bits per heavy atom. The van der Waals surface area contributed by atoms with Crippen LogP contribution in [0.3, 0.4) is 0 Å². The first kappa shape index (κ1) is 21.7. The monoisotopic (exact) mass is 421 g/mol. The van der Waals surface area contributed by atoms with Gasteiger partial charge in [0.25, 0.3) is 5.69 Å². The molecule has 0 spiro atoms. The van der Waals surface area contributed by atoms with Gasteiger partial charge in [0.15, 0.2) is 0 Å². The first-order valence-electron chi connectivity index (χ1n) is 11.7. The van der Waals surface area contributed by atoms with Crippen molar-refractivity contribution >= 4 is 17.8 Å². The summed E-state index contributed by atoms with van der Waals surface area (Å²) < 4.78 is 14.1. The summed E-state index contributed by atoms with van der Waals surface area (Å²) >= 11 is 0. The van der Waals surface area contributed by atoms with Crippen molar-refractivity contribution in [1.82, 2.24) is 0 Å². The van der Waals surface area contributed by atoms with Gasteiger partial charge in [-0.3, -0.25) is 10.1 Å². The number of unbranched alkanes of at least 4 members (excludes halogenated alkanes) is 2. The van der Waals surface area contributed by atoms with Crippen LogP contribution in [0, 0.1) is 21.3 Å². The van der Waals surface area contributed by atoms with Crippen molar-refractivity contribution < 1.29 is 9.31 Å². The maximum absolute atomic E-state index is 14.1. The van der Waals surface area contributed by atoms with E-state index >= 15 is 0 Å². The van der Waals surface area contributed by atoms with Crippen LogP contribution in [-0.2, 0) is 5.41 Å². The summed E-state index contributed by atoms with van der Waals surface area (Å²) in [7, 11) is 0. The van der Waals surface area contributed by atoms with Gasteiger partial charge in [-0.2, -0.15) is 0 Å².